The Hall–Kier alpha value is -1.23. The van der Waals surface area contributed by atoms with E-state index in [-0.39, 0.29) is 0 Å². The summed E-state index contributed by atoms with van der Waals surface area (Å²) in [6.07, 6.45) is 0. The van der Waals surface area contributed by atoms with E-state index in [1.807, 2.05) is 34.9 Å². The highest BCUT2D eigenvalue weighted by Gasteiger charge is 2.11. The van der Waals surface area contributed by atoms with Gasteiger partial charge in [-0.05, 0) is 52.3 Å². The molecular formula is C13H8BrCl2N3. The molecule has 0 atom stereocenters. The van der Waals surface area contributed by atoms with Gasteiger partial charge in [-0.25, -0.2) is 4.98 Å². The maximum Gasteiger partial charge on any atom is 0.205 e. The molecule has 96 valence electrons. The summed E-state index contributed by atoms with van der Waals surface area (Å²) in [6, 6.07) is 11.1. The van der Waals surface area contributed by atoms with Crippen LogP contribution in [0.1, 0.15) is 0 Å². The summed E-state index contributed by atoms with van der Waals surface area (Å²) in [7, 11) is 0. The van der Waals surface area contributed by atoms with Gasteiger partial charge in [0.25, 0.3) is 0 Å². The Kier molecular flexibility index (Phi) is 3.17. The minimum atomic E-state index is 0.409. The summed E-state index contributed by atoms with van der Waals surface area (Å²) in [5.74, 6) is 0.409. The predicted octanol–water partition coefficient (Wildman–Crippen LogP) is 4.68. The number of nitrogens with two attached hydrogens (primary N) is 1. The number of aromatic nitrogens is 2. The van der Waals surface area contributed by atoms with Gasteiger partial charge in [-0.15, -0.1) is 0 Å². The first-order valence-electron chi connectivity index (χ1n) is 5.45. The molecule has 0 amide bonds. The number of fused-ring (bicyclic) bond motifs is 1. The van der Waals surface area contributed by atoms with Crippen LogP contribution in [0.5, 0.6) is 0 Å². The molecule has 0 radical (unpaired) electrons. The number of nitrogen functional groups attached to an aromatic ring is 1. The average molecular weight is 357 g/mol. The van der Waals surface area contributed by atoms with Crippen molar-refractivity contribution < 1.29 is 0 Å². The second-order valence-corrected chi connectivity index (χ2v) is 5.73. The summed E-state index contributed by atoms with van der Waals surface area (Å²) in [5, 5.41) is 1.28. The smallest absolute Gasteiger partial charge is 0.205 e. The Morgan fingerprint density at radius 2 is 1.89 bits per heavy atom. The van der Waals surface area contributed by atoms with Crippen molar-refractivity contribution in [2.45, 2.75) is 0 Å². The van der Waals surface area contributed by atoms with Crippen LogP contribution < -0.4 is 5.73 Å². The molecule has 0 spiro atoms. The Labute approximate surface area is 128 Å². The number of nitrogens with zero attached hydrogens (tertiary/aromatic N) is 2. The van der Waals surface area contributed by atoms with Crippen LogP contribution in [0.15, 0.2) is 40.9 Å². The van der Waals surface area contributed by atoms with E-state index in [9.17, 15) is 0 Å². The summed E-state index contributed by atoms with van der Waals surface area (Å²) in [6.45, 7) is 0. The average Bonchev–Trinajstić information content (AvgIpc) is 2.68. The molecule has 1 aromatic heterocycles. The molecule has 0 saturated heterocycles. The predicted molar refractivity (Wildman–Crippen MR) is 83.2 cm³/mol. The number of hydrogen-bond acceptors (Lipinski definition) is 2. The molecule has 3 rings (SSSR count). The van der Waals surface area contributed by atoms with Gasteiger partial charge >= 0.3 is 0 Å². The van der Waals surface area contributed by atoms with Crippen molar-refractivity contribution in [2.75, 3.05) is 5.73 Å². The zero-order valence-corrected chi connectivity index (χ0v) is 12.7. The van der Waals surface area contributed by atoms with Crippen molar-refractivity contribution in [1.29, 1.82) is 0 Å². The summed E-state index contributed by atoms with van der Waals surface area (Å²) >= 11 is 15.4. The van der Waals surface area contributed by atoms with Crippen molar-refractivity contribution >= 4 is 56.1 Å². The largest absolute Gasteiger partial charge is 0.369 e. The molecule has 0 saturated carbocycles. The van der Waals surface area contributed by atoms with Crippen LogP contribution in [0.4, 0.5) is 5.95 Å². The van der Waals surface area contributed by atoms with Crippen molar-refractivity contribution in [3.05, 3.63) is 50.9 Å². The van der Waals surface area contributed by atoms with Crippen LogP contribution in [-0.2, 0) is 0 Å². The Bertz CT molecular complexity index is 783. The molecule has 0 unspecified atom stereocenters. The summed E-state index contributed by atoms with van der Waals surface area (Å²) in [4.78, 5) is 4.31. The fraction of sp³-hybridized carbons (Fsp3) is 0. The number of benzene rings is 2. The summed E-state index contributed by atoms with van der Waals surface area (Å²) in [5.41, 5.74) is 8.53. The minimum absolute atomic E-state index is 0.409. The molecular weight excluding hydrogens is 349 g/mol. The highest BCUT2D eigenvalue weighted by molar-refractivity contribution is 9.10. The van der Waals surface area contributed by atoms with Gasteiger partial charge in [0.2, 0.25) is 5.95 Å². The van der Waals surface area contributed by atoms with Crippen molar-refractivity contribution in [3.8, 4) is 5.69 Å². The highest BCUT2D eigenvalue weighted by Crippen LogP contribution is 2.29. The molecule has 0 bridgehead atoms. The van der Waals surface area contributed by atoms with E-state index in [0.29, 0.717) is 16.0 Å². The first kappa shape index (κ1) is 12.8. The molecule has 0 aliphatic rings. The van der Waals surface area contributed by atoms with Crippen LogP contribution in [0.2, 0.25) is 10.0 Å². The number of anilines is 1. The van der Waals surface area contributed by atoms with Crippen LogP contribution in [0.3, 0.4) is 0 Å². The van der Waals surface area contributed by atoms with Gasteiger partial charge in [0.05, 0.1) is 21.7 Å². The molecule has 6 heteroatoms. The molecule has 3 aromatic rings. The van der Waals surface area contributed by atoms with E-state index in [4.69, 9.17) is 28.9 Å². The number of rotatable bonds is 1. The number of hydrogen-bond donors (Lipinski definition) is 1. The molecule has 3 nitrogen and oxygen atoms in total. The van der Waals surface area contributed by atoms with E-state index in [1.54, 1.807) is 6.07 Å². The molecule has 1 heterocycles. The van der Waals surface area contributed by atoms with Crippen LogP contribution >= 0.6 is 39.1 Å². The lowest BCUT2D eigenvalue weighted by Crippen LogP contribution is -2.00. The maximum atomic E-state index is 6.00. The quantitative estimate of drug-likeness (QED) is 0.688. The van der Waals surface area contributed by atoms with Crippen molar-refractivity contribution in [2.24, 2.45) is 0 Å². The minimum Gasteiger partial charge on any atom is -0.369 e. The first-order valence-corrected chi connectivity index (χ1v) is 7.00. The van der Waals surface area contributed by atoms with Gasteiger partial charge < -0.3 is 5.73 Å². The van der Waals surface area contributed by atoms with Gasteiger partial charge in [0, 0.05) is 9.50 Å². The van der Waals surface area contributed by atoms with Crippen molar-refractivity contribution in [3.63, 3.8) is 0 Å². The highest BCUT2D eigenvalue weighted by atomic mass is 79.9. The van der Waals surface area contributed by atoms with Crippen LogP contribution in [0, 0.1) is 0 Å². The first-order chi connectivity index (χ1) is 9.06. The van der Waals surface area contributed by atoms with Gasteiger partial charge in [-0.2, -0.15) is 0 Å². The van der Waals surface area contributed by atoms with E-state index >= 15 is 0 Å². The normalized spacial score (nSPS) is 11.1. The third-order valence-corrected chi connectivity index (χ3v) is 4.25. The fourth-order valence-corrected chi connectivity index (χ4v) is 2.62. The second kappa shape index (κ2) is 4.71. The second-order valence-electron chi connectivity index (χ2n) is 4.04. The Morgan fingerprint density at radius 1 is 1.11 bits per heavy atom. The lowest BCUT2D eigenvalue weighted by molar-refractivity contribution is 1.11. The van der Waals surface area contributed by atoms with E-state index in [1.165, 1.54) is 0 Å². The molecule has 0 aliphatic heterocycles. The molecule has 0 aliphatic carbocycles. The van der Waals surface area contributed by atoms with Crippen molar-refractivity contribution in [1.82, 2.24) is 9.55 Å². The van der Waals surface area contributed by atoms with Crippen LogP contribution in [-0.4, -0.2) is 9.55 Å². The fourth-order valence-electron chi connectivity index (χ4n) is 1.97. The molecule has 19 heavy (non-hydrogen) atoms. The summed E-state index contributed by atoms with van der Waals surface area (Å²) < 4.78 is 2.66. The van der Waals surface area contributed by atoms with Crippen LogP contribution in [0.25, 0.3) is 16.7 Å². The topological polar surface area (TPSA) is 43.8 Å². The third-order valence-electron chi connectivity index (χ3n) is 2.80. The molecule has 2 aromatic carbocycles. The lowest BCUT2D eigenvalue weighted by Gasteiger charge is -2.07. The zero-order chi connectivity index (χ0) is 13.6. The van der Waals surface area contributed by atoms with E-state index < -0.39 is 0 Å². The van der Waals surface area contributed by atoms with Gasteiger partial charge in [0.1, 0.15) is 0 Å². The SMILES string of the molecule is Nc1nc2cc(Cl)ccc2n1-c1ccc(Cl)c(Br)c1. The molecule has 0 fully saturated rings. The third kappa shape index (κ3) is 2.20. The zero-order valence-electron chi connectivity index (χ0n) is 9.57. The molecule has 2 N–H and O–H groups in total. The number of halogens is 3. The van der Waals surface area contributed by atoms with E-state index in [2.05, 4.69) is 20.9 Å². The Morgan fingerprint density at radius 3 is 2.63 bits per heavy atom. The Balaban J connectivity index is 2.29. The lowest BCUT2D eigenvalue weighted by atomic mass is 10.3. The standard InChI is InChI=1S/C13H8BrCl2N3/c14-9-6-8(2-3-10(9)16)19-12-4-1-7(15)5-11(12)18-13(19)17/h1-6H,(H2,17,18). The van der Waals surface area contributed by atoms with Gasteiger partial charge in [0.15, 0.2) is 0 Å². The van der Waals surface area contributed by atoms with Gasteiger partial charge in [-0.3, -0.25) is 4.57 Å². The van der Waals surface area contributed by atoms with E-state index in [0.717, 1.165) is 21.2 Å². The van der Waals surface area contributed by atoms with Gasteiger partial charge in [-0.1, -0.05) is 23.2 Å². The monoisotopic (exact) mass is 355 g/mol. The number of imidazole rings is 1. The maximum absolute atomic E-state index is 6.00.